The molecule has 0 fully saturated rings. The van der Waals surface area contributed by atoms with Gasteiger partial charge in [0, 0.05) is 13.2 Å². The van der Waals surface area contributed by atoms with Gasteiger partial charge in [-0.1, -0.05) is 54.2 Å². The van der Waals surface area contributed by atoms with Gasteiger partial charge >= 0.3 is 19.5 Å². The number of pyridine rings is 1. The van der Waals surface area contributed by atoms with E-state index in [9.17, 15) is 0 Å². The molecule has 0 bridgehead atoms. The van der Waals surface area contributed by atoms with Gasteiger partial charge in [-0.15, -0.1) is 47.5 Å². The van der Waals surface area contributed by atoms with Crippen LogP contribution < -0.4 is 4.90 Å². The Hall–Kier alpha value is -3.36. The van der Waals surface area contributed by atoms with E-state index in [1.165, 1.54) is 5.56 Å². The predicted molar refractivity (Wildman–Crippen MR) is 126 cm³/mol. The standard InChI is InChI=1S/C16H14N2.C11H8N.Rh/c1-18(12-6-11-17)16-10-5-9-15(13-16)14-7-3-2-4-8-14;1-2-6-10(7-3-1)11-8-4-5-9-12-11;/h2-9,11-13H,1H3;1-6,8-9H;/q-2;-1;+3/b12-6-;;. The predicted octanol–water partition coefficient (Wildman–Crippen LogP) is 6.29. The first-order chi connectivity index (χ1) is 14.8. The molecule has 31 heavy (non-hydrogen) atoms. The van der Waals surface area contributed by atoms with E-state index >= 15 is 0 Å². The van der Waals surface area contributed by atoms with Crippen LogP contribution in [0.15, 0.2) is 109 Å². The molecule has 154 valence electrons. The number of anilines is 1. The van der Waals surface area contributed by atoms with Crippen LogP contribution in [0.4, 0.5) is 5.69 Å². The number of benzene rings is 3. The van der Waals surface area contributed by atoms with Crippen molar-refractivity contribution in [1.29, 1.82) is 0 Å². The van der Waals surface area contributed by atoms with E-state index in [1.54, 1.807) is 18.5 Å². The Labute approximate surface area is 197 Å². The molecule has 0 aliphatic carbocycles. The second kappa shape index (κ2) is 13.0. The molecule has 0 spiro atoms. The Morgan fingerprint density at radius 1 is 0.839 bits per heavy atom. The van der Waals surface area contributed by atoms with Crippen molar-refractivity contribution in [2.45, 2.75) is 0 Å². The van der Waals surface area contributed by atoms with E-state index in [1.807, 2.05) is 84.7 Å². The fourth-order valence-corrected chi connectivity index (χ4v) is 2.79. The molecule has 4 aromatic rings. The van der Waals surface area contributed by atoms with E-state index in [2.05, 4.69) is 35.3 Å². The molecule has 1 aromatic heterocycles. The molecule has 4 heteroatoms. The molecule has 0 aliphatic rings. The zero-order valence-electron chi connectivity index (χ0n) is 17.1. The number of aromatic nitrogens is 1. The summed E-state index contributed by atoms with van der Waals surface area (Å²) in [6.45, 7) is 0. The topological polar surface area (TPSA) is 38.4 Å². The van der Waals surface area contributed by atoms with Crippen LogP contribution in [0.5, 0.6) is 0 Å². The van der Waals surface area contributed by atoms with Crippen LogP contribution in [-0.2, 0) is 19.5 Å². The minimum absolute atomic E-state index is 0. The normalized spacial score (nSPS) is 9.84. The molecular weight excluding hydrogens is 469 g/mol. The maximum absolute atomic E-state index is 8.65. The van der Waals surface area contributed by atoms with Crippen molar-refractivity contribution in [3.05, 3.63) is 127 Å². The Morgan fingerprint density at radius 3 is 2.29 bits per heavy atom. The van der Waals surface area contributed by atoms with Gasteiger partial charge in [-0.2, -0.15) is 24.4 Å². The zero-order valence-corrected chi connectivity index (χ0v) is 18.8. The van der Waals surface area contributed by atoms with Crippen LogP contribution in [0.1, 0.15) is 0 Å². The largest absolute Gasteiger partial charge is 3.00 e. The molecule has 0 saturated heterocycles. The van der Waals surface area contributed by atoms with Crippen molar-refractivity contribution in [2.75, 3.05) is 11.9 Å². The van der Waals surface area contributed by atoms with Crippen LogP contribution in [-0.4, -0.2) is 18.2 Å². The summed E-state index contributed by atoms with van der Waals surface area (Å²) >= 11 is 0. The maximum Gasteiger partial charge on any atom is 3.00 e. The monoisotopic (exact) mass is 491 g/mol. The summed E-state index contributed by atoms with van der Waals surface area (Å²) in [5, 5.41) is 8.65. The van der Waals surface area contributed by atoms with Gasteiger partial charge < -0.3 is 15.3 Å². The molecule has 0 N–H and O–H groups in total. The first-order valence-electron chi connectivity index (χ1n) is 9.60. The molecule has 0 unspecified atom stereocenters. The fourth-order valence-electron chi connectivity index (χ4n) is 2.79. The van der Waals surface area contributed by atoms with Gasteiger partial charge in [0.2, 0.25) is 0 Å². The molecule has 0 radical (unpaired) electrons. The van der Waals surface area contributed by atoms with Gasteiger partial charge in [0.25, 0.3) is 0 Å². The number of nitrogens with zero attached hydrogens (tertiary/aromatic N) is 3. The van der Waals surface area contributed by atoms with Gasteiger partial charge in [-0.05, 0) is 23.5 Å². The molecule has 0 aliphatic heterocycles. The summed E-state index contributed by atoms with van der Waals surface area (Å²) in [6, 6.07) is 36.2. The van der Waals surface area contributed by atoms with Gasteiger partial charge in [-0.3, -0.25) is 0 Å². The Kier molecular flexibility index (Phi) is 10.1. The van der Waals surface area contributed by atoms with Gasteiger partial charge in [0.1, 0.15) is 0 Å². The van der Waals surface area contributed by atoms with Gasteiger partial charge in [0.05, 0.1) is 0 Å². The molecule has 3 nitrogen and oxygen atoms in total. The van der Waals surface area contributed by atoms with Crippen LogP contribution in [0, 0.1) is 12.1 Å². The number of rotatable bonds is 5. The first kappa shape index (κ1) is 23.9. The van der Waals surface area contributed by atoms with Crippen molar-refractivity contribution in [3.8, 4) is 22.4 Å². The van der Waals surface area contributed by atoms with Crippen molar-refractivity contribution >= 4 is 11.9 Å². The molecule has 0 amide bonds. The second-order valence-corrected chi connectivity index (χ2v) is 6.42. The van der Waals surface area contributed by atoms with Crippen molar-refractivity contribution in [3.63, 3.8) is 0 Å². The van der Waals surface area contributed by atoms with Crippen LogP contribution in [0.3, 0.4) is 0 Å². The second-order valence-electron chi connectivity index (χ2n) is 6.42. The summed E-state index contributed by atoms with van der Waals surface area (Å²) in [4.78, 5) is 6.12. The molecule has 3 aromatic carbocycles. The average molecular weight is 491 g/mol. The minimum atomic E-state index is 0. The van der Waals surface area contributed by atoms with E-state index in [0.717, 1.165) is 28.7 Å². The third kappa shape index (κ3) is 7.44. The number of hydrogen-bond acceptors (Lipinski definition) is 2. The zero-order chi connectivity index (χ0) is 21.0. The van der Waals surface area contributed by atoms with Crippen molar-refractivity contribution < 1.29 is 19.5 Å². The third-order valence-electron chi connectivity index (χ3n) is 4.32. The third-order valence-corrected chi connectivity index (χ3v) is 4.32. The summed E-state index contributed by atoms with van der Waals surface area (Å²) in [7, 11) is 1.92. The average Bonchev–Trinajstić information content (AvgIpc) is 2.85. The van der Waals surface area contributed by atoms with Gasteiger partial charge in [0.15, 0.2) is 0 Å². The summed E-state index contributed by atoms with van der Waals surface area (Å²) in [5.74, 6) is 0. The summed E-state index contributed by atoms with van der Waals surface area (Å²) < 4.78 is 0. The van der Waals surface area contributed by atoms with Gasteiger partial charge in [-0.25, -0.2) is 0 Å². The first-order valence-corrected chi connectivity index (χ1v) is 9.60. The number of allylic oxidation sites excluding steroid dienone is 1. The molecule has 4 rings (SSSR count). The Bertz CT molecular complexity index is 1030. The smallest absolute Gasteiger partial charge is 0.811 e. The molecule has 1 heterocycles. The van der Waals surface area contributed by atoms with E-state index in [0.29, 0.717) is 0 Å². The quantitative estimate of drug-likeness (QED) is 0.187. The summed E-state index contributed by atoms with van der Waals surface area (Å²) in [6.07, 6.45) is 6.15. The van der Waals surface area contributed by atoms with E-state index in [-0.39, 0.29) is 19.5 Å². The van der Waals surface area contributed by atoms with E-state index in [4.69, 9.17) is 5.41 Å². The SMILES string of the molecule is CN(/C=C\C=[N-])c1[c-]ccc(-c2ccccc2)c1.[Rh+3].[c-]1ccccc1-c1ccccn1. The summed E-state index contributed by atoms with van der Waals surface area (Å²) in [5.41, 5.74) is 5.29. The fraction of sp³-hybridized carbons (Fsp3) is 0.0370. The van der Waals surface area contributed by atoms with E-state index < -0.39 is 0 Å². The molecule has 0 atom stereocenters. The Balaban J connectivity index is 0.000000229. The van der Waals surface area contributed by atoms with Crippen LogP contribution >= 0.6 is 0 Å². The molecular formula is C27H22N3Rh. The minimum Gasteiger partial charge on any atom is -0.811 e. The maximum atomic E-state index is 8.65. The Morgan fingerprint density at radius 2 is 1.61 bits per heavy atom. The van der Waals surface area contributed by atoms with Crippen LogP contribution in [0.25, 0.3) is 27.8 Å². The molecule has 0 saturated carbocycles. The van der Waals surface area contributed by atoms with Crippen LogP contribution in [0.2, 0.25) is 0 Å². The van der Waals surface area contributed by atoms with Crippen molar-refractivity contribution in [2.24, 2.45) is 0 Å². The number of hydrogen-bond donors (Lipinski definition) is 0. The van der Waals surface area contributed by atoms with Crippen molar-refractivity contribution in [1.82, 2.24) is 4.98 Å².